The van der Waals surface area contributed by atoms with Crippen LogP contribution in [-0.2, 0) is 28.6 Å². The van der Waals surface area contributed by atoms with Crippen LogP contribution in [-0.4, -0.2) is 37.2 Å². The topological polar surface area (TPSA) is 78.9 Å². The van der Waals surface area contributed by atoms with Gasteiger partial charge in [0.15, 0.2) is 6.10 Å². The quantitative estimate of drug-likeness (QED) is 0.0264. The number of allylic oxidation sites excluding steroid dienone is 8. The second kappa shape index (κ2) is 47.1. The first-order valence-electron chi connectivity index (χ1n) is 24.6. The van der Waals surface area contributed by atoms with E-state index in [1.54, 1.807) is 0 Å². The van der Waals surface area contributed by atoms with Gasteiger partial charge in [-0.05, 0) is 96.3 Å². The monoisotopic (exact) mass is 813 g/mol. The molecule has 0 heterocycles. The molecule has 336 valence electrons. The molecule has 1 unspecified atom stereocenters. The fraction of sp³-hybridized carbons (Fsp3) is 0.788. The van der Waals surface area contributed by atoms with Gasteiger partial charge in [0, 0.05) is 19.3 Å². The van der Waals surface area contributed by atoms with Gasteiger partial charge in [-0.25, -0.2) is 0 Å². The Labute approximate surface area is 358 Å². The summed E-state index contributed by atoms with van der Waals surface area (Å²) in [5, 5.41) is 0. The summed E-state index contributed by atoms with van der Waals surface area (Å²) in [5.74, 6) is -0.914. The Bertz CT molecular complexity index is 1030. The molecule has 0 saturated carbocycles. The maximum atomic E-state index is 12.7. The molecule has 1 atom stereocenters. The van der Waals surface area contributed by atoms with Gasteiger partial charge >= 0.3 is 17.9 Å². The Balaban J connectivity index is 4.41. The van der Waals surface area contributed by atoms with E-state index < -0.39 is 6.10 Å². The predicted molar refractivity (Wildman–Crippen MR) is 247 cm³/mol. The first-order chi connectivity index (χ1) is 28.5. The van der Waals surface area contributed by atoms with Gasteiger partial charge in [0.2, 0.25) is 0 Å². The molecule has 0 aliphatic carbocycles. The highest BCUT2D eigenvalue weighted by Crippen LogP contribution is 2.14. The van der Waals surface area contributed by atoms with E-state index in [-0.39, 0.29) is 31.1 Å². The summed E-state index contributed by atoms with van der Waals surface area (Å²) >= 11 is 0. The van der Waals surface area contributed by atoms with E-state index >= 15 is 0 Å². The van der Waals surface area contributed by atoms with E-state index in [1.165, 1.54) is 103 Å². The van der Waals surface area contributed by atoms with E-state index in [0.29, 0.717) is 19.3 Å². The van der Waals surface area contributed by atoms with Crippen LogP contribution in [0.1, 0.15) is 245 Å². The molecule has 0 aliphatic heterocycles. The molecule has 0 fully saturated rings. The first kappa shape index (κ1) is 55.4. The number of hydrogen-bond donors (Lipinski definition) is 0. The van der Waals surface area contributed by atoms with Gasteiger partial charge < -0.3 is 14.2 Å². The first-order valence-corrected chi connectivity index (χ1v) is 24.6. The smallest absolute Gasteiger partial charge is 0.306 e. The van der Waals surface area contributed by atoms with E-state index in [4.69, 9.17) is 14.2 Å². The van der Waals surface area contributed by atoms with Gasteiger partial charge in [0.05, 0.1) is 0 Å². The van der Waals surface area contributed by atoms with E-state index in [0.717, 1.165) is 103 Å². The van der Waals surface area contributed by atoms with Crippen molar-refractivity contribution in [2.24, 2.45) is 0 Å². The third-order valence-electron chi connectivity index (χ3n) is 10.5. The van der Waals surface area contributed by atoms with Crippen LogP contribution in [0.4, 0.5) is 0 Å². The maximum absolute atomic E-state index is 12.7. The molecule has 6 nitrogen and oxygen atoms in total. The Morgan fingerprint density at radius 2 is 0.655 bits per heavy atom. The Hall–Kier alpha value is -2.63. The molecule has 0 rings (SSSR count). The SMILES string of the molecule is CCC/C=C\C/C=C\CCCCCCCC(=O)OC(COC(=O)CCCCCCC/C=C\CCCCCC)COC(=O)CCCCCCC/C=C\CCCCCCC. The van der Waals surface area contributed by atoms with Crippen LogP contribution in [0.2, 0.25) is 0 Å². The summed E-state index contributed by atoms with van der Waals surface area (Å²) in [5.41, 5.74) is 0. The zero-order chi connectivity index (χ0) is 42.3. The van der Waals surface area contributed by atoms with Crippen LogP contribution < -0.4 is 0 Å². The largest absolute Gasteiger partial charge is 0.462 e. The highest BCUT2D eigenvalue weighted by Gasteiger charge is 2.19. The molecule has 0 amide bonds. The van der Waals surface area contributed by atoms with Crippen molar-refractivity contribution in [2.75, 3.05) is 13.2 Å². The van der Waals surface area contributed by atoms with Gasteiger partial charge in [-0.2, -0.15) is 0 Å². The summed E-state index contributed by atoms with van der Waals surface area (Å²) in [6.45, 7) is 6.52. The molecule has 0 bridgehead atoms. The lowest BCUT2D eigenvalue weighted by atomic mass is 10.1. The Morgan fingerprint density at radius 3 is 1.05 bits per heavy atom. The number of ether oxygens (including phenoxy) is 3. The lowest BCUT2D eigenvalue weighted by Crippen LogP contribution is -2.30. The fourth-order valence-corrected chi connectivity index (χ4v) is 6.76. The zero-order valence-corrected chi connectivity index (χ0v) is 38.3. The Morgan fingerprint density at radius 1 is 0.345 bits per heavy atom. The van der Waals surface area contributed by atoms with Crippen LogP contribution in [0.15, 0.2) is 48.6 Å². The van der Waals surface area contributed by atoms with Crippen LogP contribution in [0.5, 0.6) is 0 Å². The van der Waals surface area contributed by atoms with Crippen molar-refractivity contribution in [2.45, 2.75) is 252 Å². The number of carbonyl (C=O) groups is 3. The van der Waals surface area contributed by atoms with Crippen molar-refractivity contribution in [1.29, 1.82) is 0 Å². The molecule has 58 heavy (non-hydrogen) atoms. The van der Waals surface area contributed by atoms with Crippen molar-refractivity contribution in [3.05, 3.63) is 48.6 Å². The lowest BCUT2D eigenvalue weighted by molar-refractivity contribution is -0.167. The number of carbonyl (C=O) groups excluding carboxylic acids is 3. The standard InChI is InChI=1S/C52H92O6/c1-4-7-10-13-16-19-22-25-28-30-33-36-39-42-45-51(54)57-48-49(58-52(55)46-43-40-37-34-31-27-24-21-18-15-12-9-6-3)47-56-50(53)44-41-38-35-32-29-26-23-20-17-14-11-8-5-2/h12,15,20-25,49H,4-11,13-14,16-19,26-48H2,1-3H3/b15-12-,23-20-,24-21-,25-22-. The second-order valence-corrected chi connectivity index (χ2v) is 16.4. The summed E-state index contributed by atoms with van der Waals surface area (Å²) < 4.78 is 16.7. The van der Waals surface area contributed by atoms with Gasteiger partial charge in [0.1, 0.15) is 13.2 Å². The number of unbranched alkanes of at least 4 members (excludes halogenated alkanes) is 25. The molecule has 0 N–H and O–H groups in total. The molecular formula is C52H92O6. The molecule has 0 aromatic rings. The Kier molecular flexibility index (Phi) is 44.9. The normalized spacial score (nSPS) is 12.4. The molecular weight excluding hydrogens is 721 g/mol. The summed E-state index contributed by atoms with van der Waals surface area (Å²) in [6.07, 6.45) is 55.1. The van der Waals surface area contributed by atoms with Crippen molar-refractivity contribution in [1.82, 2.24) is 0 Å². The van der Waals surface area contributed by atoms with Crippen molar-refractivity contribution < 1.29 is 28.6 Å². The number of hydrogen-bond acceptors (Lipinski definition) is 6. The van der Waals surface area contributed by atoms with Crippen molar-refractivity contribution in [3.63, 3.8) is 0 Å². The molecule has 0 radical (unpaired) electrons. The molecule has 0 saturated heterocycles. The zero-order valence-electron chi connectivity index (χ0n) is 38.3. The minimum atomic E-state index is -0.784. The third kappa shape index (κ3) is 44.5. The van der Waals surface area contributed by atoms with Gasteiger partial charge in [0.25, 0.3) is 0 Å². The van der Waals surface area contributed by atoms with Crippen molar-refractivity contribution >= 4 is 17.9 Å². The molecule has 6 heteroatoms. The van der Waals surface area contributed by atoms with E-state index in [1.807, 2.05) is 0 Å². The highest BCUT2D eigenvalue weighted by atomic mass is 16.6. The second-order valence-electron chi connectivity index (χ2n) is 16.4. The summed E-state index contributed by atoms with van der Waals surface area (Å²) in [4.78, 5) is 37.9. The van der Waals surface area contributed by atoms with Crippen LogP contribution in [0, 0.1) is 0 Å². The fourth-order valence-electron chi connectivity index (χ4n) is 6.76. The summed E-state index contributed by atoms with van der Waals surface area (Å²) in [7, 11) is 0. The highest BCUT2D eigenvalue weighted by molar-refractivity contribution is 5.71. The minimum absolute atomic E-state index is 0.0854. The van der Waals surface area contributed by atoms with Crippen LogP contribution in [0.3, 0.4) is 0 Å². The number of esters is 3. The van der Waals surface area contributed by atoms with Gasteiger partial charge in [-0.15, -0.1) is 0 Å². The molecule has 0 aromatic heterocycles. The van der Waals surface area contributed by atoms with Crippen LogP contribution in [0.25, 0.3) is 0 Å². The predicted octanol–water partition coefficient (Wildman–Crippen LogP) is 15.9. The molecule has 0 aliphatic rings. The molecule has 0 spiro atoms. The van der Waals surface area contributed by atoms with Crippen molar-refractivity contribution in [3.8, 4) is 0 Å². The third-order valence-corrected chi connectivity index (χ3v) is 10.5. The van der Waals surface area contributed by atoms with Crippen LogP contribution >= 0.6 is 0 Å². The lowest BCUT2D eigenvalue weighted by Gasteiger charge is -2.18. The molecule has 0 aromatic carbocycles. The van der Waals surface area contributed by atoms with E-state index in [2.05, 4.69) is 69.4 Å². The average molecular weight is 813 g/mol. The minimum Gasteiger partial charge on any atom is -0.462 e. The van der Waals surface area contributed by atoms with E-state index in [9.17, 15) is 14.4 Å². The van der Waals surface area contributed by atoms with Gasteiger partial charge in [-0.3, -0.25) is 14.4 Å². The maximum Gasteiger partial charge on any atom is 0.306 e. The summed E-state index contributed by atoms with van der Waals surface area (Å²) in [6, 6.07) is 0. The average Bonchev–Trinajstić information content (AvgIpc) is 3.22. The number of rotatable bonds is 44. The van der Waals surface area contributed by atoms with Gasteiger partial charge in [-0.1, -0.05) is 179 Å².